The quantitative estimate of drug-likeness (QED) is 0.466. The van der Waals surface area contributed by atoms with Crippen LogP contribution in [0.4, 0.5) is 5.00 Å². The molecule has 3 heterocycles. The molecule has 0 radical (unpaired) electrons. The second-order valence-electron chi connectivity index (χ2n) is 8.41. The number of carbonyl (C=O) groups is 1. The topological polar surface area (TPSA) is 45.5 Å². The van der Waals surface area contributed by atoms with E-state index in [4.69, 9.17) is 16.0 Å². The third-order valence-corrected chi connectivity index (χ3v) is 7.98. The number of carbonyl (C=O) groups excluding carboxylic acids is 1. The summed E-state index contributed by atoms with van der Waals surface area (Å²) in [7, 11) is 0. The zero-order valence-corrected chi connectivity index (χ0v) is 19.1. The highest BCUT2D eigenvalue weighted by atomic mass is 35.5. The Hall–Kier alpha value is -2.08. The smallest absolute Gasteiger partial charge is 0.291 e. The van der Waals surface area contributed by atoms with Crippen molar-refractivity contribution >= 4 is 33.8 Å². The molecule has 1 aromatic carbocycles. The number of piperidine rings is 1. The molecule has 1 N–H and O–H groups in total. The van der Waals surface area contributed by atoms with E-state index in [2.05, 4.69) is 22.3 Å². The van der Waals surface area contributed by atoms with Crippen LogP contribution in [0.3, 0.4) is 0 Å². The molecule has 1 aliphatic carbocycles. The number of nitrogens with zero attached hydrogens (tertiary/aromatic N) is 1. The Morgan fingerprint density at radius 1 is 1.03 bits per heavy atom. The molecule has 1 aliphatic heterocycles. The van der Waals surface area contributed by atoms with Gasteiger partial charge in [-0.1, -0.05) is 36.2 Å². The molecule has 2 aromatic heterocycles. The van der Waals surface area contributed by atoms with Gasteiger partial charge in [0, 0.05) is 15.5 Å². The molecule has 31 heavy (non-hydrogen) atoms. The predicted octanol–water partition coefficient (Wildman–Crippen LogP) is 6.70. The number of hydrogen-bond acceptors (Lipinski definition) is 4. The molecule has 1 amide bonds. The van der Waals surface area contributed by atoms with Crippen LogP contribution in [-0.4, -0.2) is 23.9 Å². The molecular formula is C25H27ClN2O2S. The van der Waals surface area contributed by atoms with Gasteiger partial charge in [0.1, 0.15) is 5.00 Å². The zero-order valence-electron chi connectivity index (χ0n) is 17.5. The molecule has 1 unspecified atom stereocenters. The van der Waals surface area contributed by atoms with E-state index in [1.165, 1.54) is 54.4 Å². The van der Waals surface area contributed by atoms with Crippen molar-refractivity contribution in [3.63, 3.8) is 0 Å². The summed E-state index contributed by atoms with van der Waals surface area (Å²) in [5.74, 6) is 0.144. The molecule has 1 fully saturated rings. The predicted molar refractivity (Wildman–Crippen MR) is 126 cm³/mol. The van der Waals surface area contributed by atoms with Crippen LogP contribution in [0.15, 0.2) is 47.1 Å². The molecular weight excluding hydrogens is 428 g/mol. The molecule has 162 valence electrons. The summed E-state index contributed by atoms with van der Waals surface area (Å²) in [6.07, 6.45) is 9.75. The highest BCUT2D eigenvalue weighted by Crippen LogP contribution is 2.47. The third kappa shape index (κ3) is 4.19. The first-order valence-electron chi connectivity index (χ1n) is 11.2. The van der Waals surface area contributed by atoms with Crippen LogP contribution < -0.4 is 5.32 Å². The number of thiophene rings is 1. The van der Waals surface area contributed by atoms with Crippen LogP contribution in [0.5, 0.6) is 0 Å². The lowest BCUT2D eigenvalue weighted by Gasteiger charge is -2.36. The number of fused-ring (bicyclic) bond motifs is 1. The average Bonchev–Trinajstić information content (AvgIpc) is 3.45. The molecule has 5 rings (SSSR count). The van der Waals surface area contributed by atoms with Crippen molar-refractivity contribution < 1.29 is 9.21 Å². The minimum absolute atomic E-state index is 0.0546. The van der Waals surface area contributed by atoms with Crippen molar-refractivity contribution in [2.24, 2.45) is 0 Å². The zero-order chi connectivity index (χ0) is 21.2. The Bertz CT molecular complexity index is 1050. The summed E-state index contributed by atoms with van der Waals surface area (Å²) >= 11 is 8.49. The van der Waals surface area contributed by atoms with Gasteiger partial charge in [0.25, 0.3) is 5.91 Å². The fraction of sp³-hybridized carbons (Fsp3) is 0.400. The van der Waals surface area contributed by atoms with Crippen LogP contribution in [-0.2, 0) is 12.8 Å². The van der Waals surface area contributed by atoms with E-state index in [1.807, 2.05) is 12.1 Å². The van der Waals surface area contributed by atoms with E-state index < -0.39 is 0 Å². The largest absolute Gasteiger partial charge is 0.459 e. The highest BCUT2D eigenvalue weighted by Gasteiger charge is 2.33. The van der Waals surface area contributed by atoms with Crippen LogP contribution in [0.2, 0.25) is 5.02 Å². The molecule has 3 aromatic rings. The SMILES string of the molecule is O=C(Nc1sc2c(c1C(c1ccccc1Cl)N1CCCCC1)CCCC2)c1ccco1. The maximum atomic E-state index is 12.9. The van der Waals surface area contributed by atoms with Gasteiger partial charge in [-0.25, -0.2) is 0 Å². The first kappa shape index (κ1) is 20.8. The Morgan fingerprint density at radius 2 is 1.84 bits per heavy atom. The maximum Gasteiger partial charge on any atom is 0.291 e. The number of benzene rings is 1. The number of furan rings is 1. The van der Waals surface area contributed by atoms with Crippen molar-refractivity contribution in [3.8, 4) is 0 Å². The van der Waals surface area contributed by atoms with Gasteiger partial charge in [-0.3, -0.25) is 9.69 Å². The number of halogens is 1. The standard InChI is InChI=1S/C25H27ClN2O2S/c26-19-11-4-2-9-17(19)23(28-14-6-1-7-15-28)22-18-10-3-5-13-21(18)31-25(22)27-24(29)20-12-8-16-30-20/h2,4,8-9,11-12,16,23H,1,3,5-7,10,13-15H2,(H,27,29). The van der Waals surface area contributed by atoms with Crippen LogP contribution in [0, 0.1) is 0 Å². The highest BCUT2D eigenvalue weighted by molar-refractivity contribution is 7.16. The van der Waals surface area contributed by atoms with Crippen molar-refractivity contribution in [1.82, 2.24) is 4.90 Å². The van der Waals surface area contributed by atoms with E-state index in [9.17, 15) is 4.79 Å². The Labute approximate surface area is 192 Å². The van der Waals surface area contributed by atoms with Gasteiger partial charge in [-0.15, -0.1) is 11.3 Å². The first-order chi connectivity index (χ1) is 15.2. The van der Waals surface area contributed by atoms with Gasteiger partial charge in [0.2, 0.25) is 0 Å². The number of hydrogen-bond donors (Lipinski definition) is 1. The number of aryl methyl sites for hydroxylation is 1. The minimum atomic E-state index is -0.193. The van der Waals surface area contributed by atoms with Gasteiger partial charge in [-0.05, 0) is 80.9 Å². The van der Waals surface area contributed by atoms with E-state index in [0.29, 0.717) is 5.76 Å². The molecule has 0 saturated carbocycles. The molecule has 1 atom stereocenters. The summed E-state index contributed by atoms with van der Waals surface area (Å²) in [6, 6.07) is 11.7. The van der Waals surface area contributed by atoms with E-state index in [1.54, 1.807) is 23.5 Å². The molecule has 2 aliphatic rings. The summed E-state index contributed by atoms with van der Waals surface area (Å²) in [4.78, 5) is 16.9. The van der Waals surface area contributed by atoms with Crippen LogP contribution in [0.25, 0.3) is 0 Å². The molecule has 0 bridgehead atoms. The summed E-state index contributed by atoms with van der Waals surface area (Å²) in [5.41, 5.74) is 3.79. The van der Waals surface area contributed by atoms with Gasteiger partial charge in [0.05, 0.1) is 12.3 Å². The molecule has 0 spiro atoms. The number of rotatable bonds is 5. The Balaban J connectivity index is 1.63. The Morgan fingerprint density at radius 3 is 2.61 bits per heavy atom. The fourth-order valence-corrected chi connectivity index (χ4v) is 6.51. The third-order valence-electron chi connectivity index (χ3n) is 6.41. The van der Waals surface area contributed by atoms with Gasteiger partial charge in [-0.2, -0.15) is 0 Å². The maximum absolute atomic E-state index is 12.9. The molecule has 1 saturated heterocycles. The van der Waals surface area contributed by atoms with E-state index in [-0.39, 0.29) is 11.9 Å². The summed E-state index contributed by atoms with van der Waals surface area (Å²) in [5, 5.41) is 4.93. The lowest BCUT2D eigenvalue weighted by Crippen LogP contribution is -2.35. The summed E-state index contributed by atoms with van der Waals surface area (Å²) in [6.45, 7) is 2.10. The molecule has 4 nitrogen and oxygen atoms in total. The monoisotopic (exact) mass is 454 g/mol. The number of likely N-dealkylation sites (tertiary alicyclic amines) is 1. The summed E-state index contributed by atoms with van der Waals surface area (Å²) < 4.78 is 5.35. The van der Waals surface area contributed by atoms with Gasteiger partial charge >= 0.3 is 0 Å². The van der Waals surface area contributed by atoms with E-state index in [0.717, 1.165) is 41.5 Å². The number of anilines is 1. The van der Waals surface area contributed by atoms with Gasteiger partial charge in [0.15, 0.2) is 5.76 Å². The number of nitrogens with one attached hydrogen (secondary N) is 1. The van der Waals surface area contributed by atoms with Crippen molar-refractivity contribution in [3.05, 3.63) is 75.0 Å². The first-order valence-corrected chi connectivity index (χ1v) is 12.4. The van der Waals surface area contributed by atoms with Crippen LogP contribution >= 0.6 is 22.9 Å². The average molecular weight is 455 g/mol. The second kappa shape index (κ2) is 9.19. The second-order valence-corrected chi connectivity index (χ2v) is 9.92. The molecule has 6 heteroatoms. The fourth-order valence-electron chi connectivity index (χ4n) is 4.95. The normalized spacial score (nSPS) is 17.8. The lowest BCUT2D eigenvalue weighted by molar-refractivity contribution is 0.0996. The minimum Gasteiger partial charge on any atom is -0.459 e. The Kier molecular flexibility index (Phi) is 6.17. The van der Waals surface area contributed by atoms with Crippen molar-refractivity contribution in [1.29, 1.82) is 0 Å². The van der Waals surface area contributed by atoms with Gasteiger partial charge < -0.3 is 9.73 Å². The van der Waals surface area contributed by atoms with Crippen molar-refractivity contribution in [2.45, 2.75) is 51.0 Å². The lowest BCUT2D eigenvalue weighted by atomic mass is 9.88. The van der Waals surface area contributed by atoms with E-state index >= 15 is 0 Å². The van der Waals surface area contributed by atoms with Crippen LogP contribution in [0.1, 0.15) is 70.3 Å². The number of amides is 1. The van der Waals surface area contributed by atoms with Crippen molar-refractivity contribution in [2.75, 3.05) is 18.4 Å².